The lowest BCUT2D eigenvalue weighted by molar-refractivity contribution is 0.565. The molecule has 1 aromatic carbocycles. The number of aromatic nitrogens is 3. The summed E-state index contributed by atoms with van der Waals surface area (Å²) in [6.45, 7) is 6.33. The number of hydrogen-bond acceptors (Lipinski definition) is 3. The lowest BCUT2D eigenvalue weighted by Crippen LogP contribution is -2.29. The molecule has 33 heavy (non-hydrogen) atoms. The molecule has 7 heteroatoms. The molecular formula is C26H24BrN5S. The van der Waals surface area contributed by atoms with Crippen molar-refractivity contribution in [3.8, 4) is 5.82 Å². The molecule has 0 radical (unpaired) electrons. The zero-order valence-electron chi connectivity index (χ0n) is 18.7. The fourth-order valence-electron chi connectivity index (χ4n) is 4.58. The van der Waals surface area contributed by atoms with Crippen LogP contribution in [0.2, 0.25) is 0 Å². The van der Waals surface area contributed by atoms with Crippen LogP contribution in [0.25, 0.3) is 5.82 Å². The van der Waals surface area contributed by atoms with Gasteiger partial charge in [-0.15, -0.1) is 0 Å². The molecule has 0 unspecified atom stereocenters. The van der Waals surface area contributed by atoms with Gasteiger partial charge in [-0.2, -0.15) is 0 Å². The van der Waals surface area contributed by atoms with E-state index < -0.39 is 0 Å². The number of thiocarbonyl (C=S) groups is 1. The molecule has 1 fully saturated rings. The summed E-state index contributed by atoms with van der Waals surface area (Å²) >= 11 is 9.40. The van der Waals surface area contributed by atoms with E-state index in [4.69, 9.17) is 12.2 Å². The predicted molar refractivity (Wildman–Crippen MR) is 140 cm³/mol. The van der Waals surface area contributed by atoms with Gasteiger partial charge in [-0.25, -0.2) is 4.98 Å². The largest absolute Gasteiger partial charge is 0.351 e. The first-order valence-corrected chi connectivity index (χ1v) is 12.0. The molecule has 5 nitrogen and oxygen atoms in total. The Kier molecular flexibility index (Phi) is 5.76. The van der Waals surface area contributed by atoms with Gasteiger partial charge in [0.15, 0.2) is 5.11 Å². The van der Waals surface area contributed by atoms with E-state index in [0.717, 1.165) is 38.6 Å². The summed E-state index contributed by atoms with van der Waals surface area (Å²) in [7, 11) is 0. The Hall–Kier alpha value is -3.03. The highest BCUT2D eigenvalue weighted by molar-refractivity contribution is 9.10. The van der Waals surface area contributed by atoms with Gasteiger partial charge in [0.2, 0.25) is 0 Å². The average molecular weight is 518 g/mol. The topological polar surface area (TPSA) is 46.0 Å². The SMILES string of the molecule is Cc1ccc(-n2c(C)cc([C@@H]3[C@@H](c4ccccn4)NC(=S)N3c3ccc(Br)cc3)c2C)nc1. The predicted octanol–water partition coefficient (Wildman–Crippen LogP) is 6.13. The van der Waals surface area contributed by atoms with Crippen molar-refractivity contribution in [3.63, 3.8) is 0 Å². The molecule has 0 saturated carbocycles. The van der Waals surface area contributed by atoms with Gasteiger partial charge in [-0.3, -0.25) is 4.98 Å². The number of anilines is 1. The summed E-state index contributed by atoms with van der Waals surface area (Å²) in [5, 5.41) is 4.23. The molecule has 0 amide bonds. The van der Waals surface area contributed by atoms with E-state index in [0.29, 0.717) is 5.11 Å². The Morgan fingerprint density at radius 3 is 2.42 bits per heavy atom. The van der Waals surface area contributed by atoms with Crippen molar-refractivity contribution in [1.82, 2.24) is 19.9 Å². The van der Waals surface area contributed by atoms with E-state index in [1.165, 1.54) is 5.56 Å². The molecule has 0 bridgehead atoms. The maximum Gasteiger partial charge on any atom is 0.174 e. The monoisotopic (exact) mass is 517 g/mol. The van der Waals surface area contributed by atoms with Crippen LogP contribution in [-0.2, 0) is 0 Å². The first kappa shape index (κ1) is 21.8. The van der Waals surface area contributed by atoms with Crippen molar-refractivity contribution < 1.29 is 0 Å². The molecule has 1 N–H and O–H groups in total. The molecule has 0 spiro atoms. The van der Waals surface area contributed by atoms with Crippen molar-refractivity contribution in [2.75, 3.05) is 4.90 Å². The Labute approximate surface area is 207 Å². The third kappa shape index (κ3) is 3.96. The zero-order valence-corrected chi connectivity index (χ0v) is 21.1. The molecule has 4 heterocycles. The van der Waals surface area contributed by atoms with Gasteiger partial charge < -0.3 is 14.8 Å². The second kappa shape index (κ2) is 8.72. The minimum atomic E-state index is -0.0812. The molecule has 4 aromatic rings. The Morgan fingerprint density at radius 1 is 0.970 bits per heavy atom. The standard InChI is InChI=1S/C26H24BrN5S/c1-16-7-12-23(29-15-16)31-17(2)14-21(18(31)3)25-24(22-6-4-5-13-28-22)30-26(33)32(25)20-10-8-19(27)9-11-20/h4-15,24-25H,1-3H3,(H,30,33)/t24-,25-/m1/s1. The van der Waals surface area contributed by atoms with Crippen LogP contribution in [0.3, 0.4) is 0 Å². The average Bonchev–Trinajstić information content (AvgIpc) is 3.31. The third-order valence-electron chi connectivity index (χ3n) is 6.12. The Morgan fingerprint density at radius 2 is 1.76 bits per heavy atom. The summed E-state index contributed by atoms with van der Waals surface area (Å²) in [5.74, 6) is 0.917. The van der Waals surface area contributed by atoms with Crippen LogP contribution >= 0.6 is 28.1 Å². The molecule has 0 aliphatic carbocycles. The fourth-order valence-corrected chi connectivity index (χ4v) is 5.19. The highest BCUT2D eigenvalue weighted by Crippen LogP contribution is 2.43. The van der Waals surface area contributed by atoms with E-state index in [2.05, 4.69) is 97.9 Å². The van der Waals surface area contributed by atoms with Crippen molar-refractivity contribution in [2.45, 2.75) is 32.9 Å². The first-order chi connectivity index (χ1) is 15.9. The van der Waals surface area contributed by atoms with Gasteiger partial charge in [0, 0.05) is 33.9 Å². The maximum absolute atomic E-state index is 5.86. The first-order valence-electron chi connectivity index (χ1n) is 10.8. The quantitative estimate of drug-likeness (QED) is 0.329. The Bertz CT molecular complexity index is 1300. The number of aryl methyl sites for hydroxylation is 2. The second-order valence-electron chi connectivity index (χ2n) is 8.33. The fraction of sp³-hybridized carbons (Fsp3) is 0.192. The number of rotatable bonds is 4. The van der Waals surface area contributed by atoms with Crippen molar-refractivity contribution in [2.24, 2.45) is 0 Å². The van der Waals surface area contributed by atoms with Gasteiger partial charge in [-0.1, -0.05) is 28.1 Å². The van der Waals surface area contributed by atoms with Gasteiger partial charge >= 0.3 is 0 Å². The summed E-state index contributed by atoms with van der Waals surface area (Å²) < 4.78 is 3.25. The van der Waals surface area contributed by atoms with Crippen LogP contribution in [0, 0.1) is 20.8 Å². The molecule has 1 aliphatic heterocycles. The molecule has 1 aliphatic rings. The third-order valence-corrected chi connectivity index (χ3v) is 6.96. The Balaban J connectivity index is 1.67. The van der Waals surface area contributed by atoms with Crippen LogP contribution in [0.4, 0.5) is 5.69 Å². The van der Waals surface area contributed by atoms with Crippen LogP contribution < -0.4 is 10.2 Å². The summed E-state index contributed by atoms with van der Waals surface area (Å²) in [6.07, 6.45) is 3.74. The molecule has 166 valence electrons. The van der Waals surface area contributed by atoms with Crippen molar-refractivity contribution >= 4 is 38.9 Å². The number of hydrogen-bond donors (Lipinski definition) is 1. The number of nitrogens with zero attached hydrogens (tertiary/aromatic N) is 4. The van der Waals surface area contributed by atoms with Crippen molar-refractivity contribution in [3.05, 3.63) is 106 Å². The van der Waals surface area contributed by atoms with Crippen LogP contribution in [0.1, 0.15) is 40.3 Å². The van der Waals surface area contributed by atoms with E-state index >= 15 is 0 Å². The maximum atomic E-state index is 5.86. The smallest absolute Gasteiger partial charge is 0.174 e. The van der Waals surface area contributed by atoms with Crippen LogP contribution in [0.5, 0.6) is 0 Å². The minimum absolute atomic E-state index is 0.0565. The molecule has 2 atom stereocenters. The van der Waals surface area contributed by atoms with E-state index in [-0.39, 0.29) is 12.1 Å². The lowest BCUT2D eigenvalue weighted by Gasteiger charge is -2.28. The lowest BCUT2D eigenvalue weighted by atomic mass is 9.96. The van der Waals surface area contributed by atoms with E-state index in [9.17, 15) is 0 Å². The van der Waals surface area contributed by atoms with Gasteiger partial charge in [0.05, 0.1) is 17.8 Å². The molecule has 5 rings (SSSR count). The highest BCUT2D eigenvalue weighted by atomic mass is 79.9. The van der Waals surface area contributed by atoms with Crippen LogP contribution in [0.15, 0.2) is 77.5 Å². The summed E-state index contributed by atoms with van der Waals surface area (Å²) in [5.41, 5.74) is 6.61. The minimum Gasteiger partial charge on any atom is -0.351 e. The van der Waals surface area contributed by atoms with Crippen molar-refractivity contribution in [1.29, 1.82) is 0 Å². The number of benzene rings is 1. The van der Waals surface area contributed by atoms with E-state index in [1.54, 1.807) is 0 Å². The van der Waals surface area contributed by atoms with Gasteiger partial charge in [-0.05, 0) is 92.6 Å². The molecule has 3 aromatic heterocycles. The molecular weight excluding hydrogens is 494 g/mol. The highest BCUT2D eigenvalue weighted by Gasteiger charge is 2.42. The van der Waals surface area contributed by atoms with Gasteiger partial charge in [0.1, 0.15) is 5.82 Å². The second-order valence-corrected chi connectivity index (χ2v) is 9.63. The van der Waals surface area contributed by atoms with Crippen LogP contribution in [-0.4, -0.2) is 19.6 Å². The number of nitrogens with one attached hydrogen (secondary N) is 1. The number of pyridine rings is 2. The zero-order chi connectivity index (χ0) is 23.1. The summed E-state index contributed by atoms with van der Waals surface area (Å²) in [4.78, 5) is 11.5. The normalized spacial score (nSPS) is 17.9. The van der Waals surface area contributed by atoms with Gasteiger partial charge in [0.25, 0.3) is 0 Å². The number of halogens is 1. The summed E-state index contributed by atoms with van der Waals surface area (Å²) in [6, 6.07) is 20.6. The van der Waals surface area contributed by atoms with E-state index in [1.807, 2.05) is 36.7 Å². The molecule has 1 saturated heterocycles.